The summed E-state index contributed by atoms with van der Waals surface area (Å²) in [4.78, 5) is 10.6. The first-order valence-corrected chi connectivity index (χ1v) is 7.72. The van der Waals surface area contributed by atoms with Crippen molar-refractivity contribution in [3.8, 4) is 0 Å². The van der Waals surface area contributed by atoms with Gasteiger partial charge in [-0.15, -0.1) is 0 Å². The number of rotatable bonds is 6. The van der Waals surface area contributed by atoms with Crippen LogP contribution in [-0.4, -0.2) is 42.1 Å². The first-order valence-electron chi connectivity index (χ1n) is 7.72. The lowest BCUT2D eigenvalue weighted by Crippen LogP contribution is -2.21. The van der Waals surface area contributed by atoms with Crippen molar-refractivity contribution in [2.45, 2.75) is 13.8 Å². The van der Waals surface area contributed by atoms with Crippen LogP contribution in [0.3, 0.4) is 0 Å². The Morgan fingerprint density at radius 3 is 2.57 bits per heavy atom. The summed E-state index contributed by atoms with van der Waals surface area (Å²) < 4.78 is 0. The van der Waals surface area contributed by atoms with E-state index in [1.807, 2.05) is 20.2 Å². The van der Waals surface area contributed by atoms with E-state index in [2.05, 4.69) is 58.3 Å². The first kappa shape index (κ1) is 17.0. The molecule has 0 saturated heterocycles. The molecule has 0 aliphatic rings. The van der Waals surface area contributed by atoms with Gasteiger partial charge in [0.25, 0.3) is 0 Å². The second-order valence-corrected chi connectivity index (χ2v) is 5.94. The normalized spacial score (nSPS) is 11.8. The average Bonchev–Trinajstić information content (AvgIpc) is 2.50. The lowest BCUT2D eigenvalue weighted by molar-refractivity contribution is 0.425. The fourth-order valence-corrected chi connectivity index (χ4v) is 2.21. The Morgan fingerprint density at radius 2 is 1.91 bits per heavy atom. The van der Waals surface area contributed by atoms with Crippen molar-refractivity contribution >= 4 is 23.3 Å². The molecule has 0 atom stereocenters. The summed E-state index contributed by atoms with van der Waals surface area (Å²) >= 11 is 0. The van der Waals surface area contributed by atoms with Crippen molar-refractivity contribution in [3.63, 3.8) is 0 Å². The molecule has 0 radical (unpaired) electrons. The summed E-state index contributed by atoms with van der Waals surface area (Å²) in [5, 5.41) is 3.33. The number of nitrogens with one attached hydrogen (secondary N) is 1. The maximum Gasteiger partial charge on any atom is 0.138 e. The topological polar surface area (TPSA) is 67.1 Å². The molecule has 0 bridgehead atoms. The maximum absolute atomic E-state index is 6.06. The number of nitrogen functional groups attached to an aromatic ring is 1. The van der Waals surface area contributed by atoms with Gasteiger partial charge in [0, 0.05) is 13.1 Å². The van der Waals surface area contributed by atoms with Crippen LogP contribution in [0.4, 0.5) is 11.6 Å². The van der Waals surface area contributed by atoms with Crippen LogP contribution in [0.2, 0.25) is 0 Å². The summed E-state index contributed by atoms with van der Waals surface area (Å²) in [5.74, 6) is 1.25. The number of likely N-dealkylation sites (N-methyl/N-ethyl adjacent to an activating group) is 1. The largest absolute Gasteiger partial charge is 0.383 e. The molecule has 5 nitrogen and oxygen atoms in total. The van der Waals surface area contributed by atoms with Gasteiger partial charge in [0.2, 0.25) is 0 Å². The molecular formula is C18H25N5. The van der Waals surface area contributed by atoms with Crippen molar-refractivity contribution < 1.29 is 0 Å². The Balaban J connectivity index is 2.26. The fourth-order valence-electron chi connectivity index (χ4n) is 2.21. The van der Waals surface area contributed by atoms with Crippen LogP contribution in [0.1, 0.15) is 23.6 Å². The van der Waals surface area contributed by atoms with Crippen LogP contribution in [0, 0.1) is 6.92 Å². The number of anilines is 2. The molecule has 0 amide bonds. The first-order chi connectivity index (χ1) is 11.0. The van der Waals surface area contributed by atoms with Crippen molar-refractivity contribution in [2.75, 3.05) is 38.2 Å². The number of hydrogen-bond acceptors (Lipinski definition) is 5. The van der Waals surface area contributed by atoms with Gasteiger partial charge in [-0.1, -0.05) is 29.8 Å². The number of aromatic nitrogens is 2. The standard InChI is InChI=1S/C18H25N5/c1-13-5-7-15(8-6-13)14(2)11-16-17(19)21-12-22-18(16)20-9-10-23(3)4/h5-8,11-12H,9-10H2,1-4H3,(H3,19,20,21,22)/b14-11+. The van der Waals surface area contributed by atoms with Crippen LogP contribution >= 0.6 is 0 Å². The minimum Gasteiger partial charge on any atom is -0.383 e. The SMILES string of the molecule is C/C(=C\c1c(N)ncnc1NCCN(C)C)c1ccc(C)cc1. The van der Waals surface area contributed by atoms with Crippen molar-refractivity contribution in [1.29, 1.82) is 0 Å². The van der Waals surface area contributed by atoms with Crippen molar-refractivity contribution in [3.05, 3.63) is 47.3 Å². The third-order valence-electron chi connectivity index (χ3n) is 3.63. The number of allylic oxidation sites excluding steroid dienone is 1. The highest BCUT2D eigenvalue weighted by molar-refractivity contribution is 5.86. The molecule has 1 heterocycles. The molecule has 0 saturated carbocycles. The Morgan fingerprint density at radius 1 is 1.22 bits per heavy atom. The van der Waals surface area contributed by atoms with Crippen LogP contribution in [0.15, 0.2) is 30.6 Å². The number of benzene rings is 1. The summed E-state index contributed by atoms with van der Waals surface area (Å²) in [7, 11) is 4.08. The lowest BCUT2D eigenvalue weighted by atomic mass is 10.0. The van der Waals surface area contributed by atoms with E-state index in [-0.39, 0.29) is 0 Å². The minimum absolute atomic E-state index is 0.485. The highest BCUT2D eigenvalue weighted by Crippen LogP contribution is 2.24. The van der Waals surface area contributed by atoms with E-state index in [0.29, 0.717) is 5.82 Å². The summed E-state index contributed by atoms with van der Waals surface area (Å²) in [6, 6.07) is 8.43. The number of hydrogen-bond donors (Lipinski definition) is 2. The molecule has 3 N–H and O–H groups in total. The lowest BCUT2D eigenvalue weighted by Gasteiger charge is -2.13. The molecule has 0 aliphatic heterocycles. The van der Waals surface area contributed by atoms with Gasteiger partial charge in [-0.3, -0.25) is 0 Å². The van der Waals surface area contributed by atoms with Crippen LogP contribution in [-0.2, 0) is 0 Å². The minimum atomic E-state index is 0.485. The van der Waals surface area contributed by atoms with E-state index in [9.17, 15) is 0 Å². The summed E-state index contributed by atoms with van der Waals surface area (Å²) in [5.41, 5.74) is 10.4. The second-order valence-electron chi connectivity index (χ2n) is 5.94. The number of aryl methyl sites for hydroxylation is 1. The molecule has 0 spiro atoms. The highest BCUT2D eigenvalue weighted by Gasteiger charge is 2.08. The number of nitrogens with zero attached hydrogens (tertiary/aromatic N) is 3. The van der Waals surface area contributed by atoms with Gasteiger partial charge >= 0.3 is 0 Å². The smallest absolute Gasteiger partial charge is 0.138 e. The van der Waals surface area contributed by atoms with Gasteiger partial charge in [-0.25, -0.2) is 9.97 Å². The predicted octanol–water partition coefficient (Wildman–Crippen LogP) is 2.90. The number of nitrogens with two attached hydrogens (primary N) is 1. The second kappa shape index (κ2) is 7.74. The third-order valence-corrected chi connectivity index (χ3v) is 3.63. The van der Waals surface area contributed by atoms with Gasteiger partial charge in [0.15, 0.2) is 0 Å². The zero-order valence-electron chi connectivity index (χ0n) is 14.3. The van der Waals surface area contributed by atoms with Crippen LogP contribution in [0.25, 0.3) is 11.6 Å². The molecule has 2 aromatic rings. The molecular weight excluding hydrogens is 286 g/mol. The highest BCUT2D eigenvalue weighted by atomic mass is 15.1. The fraction of sp³-hybridized carbons (Fsp3) is 0.333. The molecule has 2 rings (SSSR count). The zero-order chi connectivity index (χ0) is 16.8. The molecule has 0 aliphatic carbocycles. The molecule has 122 valence electrons. The van der Waals surface area contributed by atoms with E-state index in [1.165, 1.54) is 11.9 Å². The molecule has 0 fully saturated rings. The van der Waals surface area contributed by atoms with E-state index in [4.69, 9.17) is 5.73 Å². The van der Waals surface area contributed by atoms with Crippen LogP contribution in [0.5, 0.6) is 0 Å². The Bertz CT molecular complexity index is 674. The van der Waals surface area contributed by atoms with Gasteiger partial charge in [-0.2, -0.15) is 0 Å². The van der Waals surface area contributed by atoms with Gasteiger partial charge < -0.3 is 16.0 Å². The van der Waals surface area contributed by atoms with E-state index < -0.39 is 0 Å². The van der Waals surface area contributed by atoms with E-state index in [1.54, 1.807) is 0 Å². The molecule has 1 aromatic carbocycles. The Labute approximate surface area is 138 Å². The van der Waals surface area contributed by atoms with Gasteiger partial charge in [0.1, 0.15) is 18.0 Å². The quantitative estimate of drug-likeness (QED) is 0.858. The monoisotopic (exact) mass is 311 g/mol. The molecule has 5 heteroatoms. The van der Waals surface area contributed by atoms with E-state index in [0.717, 1.165) is 35.6 Å². The van der Waals surface area contributed by atoms with Crippen molar-refractivity contribution in [1.82, 2.24) is 14.9 Å². The Hall–Kier alpha value is -2.40. The molecule has 0 unspecified atom stereocenters. The molecule has 23 heavy (non-hydrogen) atoms. The van der Waals surface area contributed by atoms with Crippen LogP contribution < -0.4 is 11.1 Å². The third kappa shape index (κ3) is 4.79. The van der Waals surface area contributed by atoms with E-state index >= 15 is 0 Å². The maximum atomic E-state index is 6.06. The average molecular weight is 311 g/mol. The zero-order valence-corrected chi connectivity index (χ0v) is 14.3. The Kier molecular flexibility index (Phi) is 5.71. The van der Waals surface area contributed by atoms with Gasteiger partial charge in [0.05, 0.1) is 5.56 Å². The summed E-state index contributed by atoms with van der Waals surface area (Å²) in [6.45, 7) is 5.87. The predicted molar refractivity (Wildman–Crippen MR) is 98.2 cm³/mol. The van der Waals surface area contributed by atoms with Gasteiger partial charge in [-0.05, 0) is 45.2 Å². The summed E-state index contributed by atoms with van der Waals surface area (Å²) in [6.07, 6.45) is 3.53. The van der Waals surface area contributed by atoms with Crippen molar-refractivity contribution in [2.24, 2.45) is 0 Å². The molecule has 1 aromatic heterocycles.